The second-order valence-electron chi connectivity index (χ2n) is 5.80. The quantitative estimate of drug-likeness (QED) is 0.871. The molecule has 1 amide bonds. The minimum absolute atomic E-state index is 0.0370. The van der Waals surface area contributed by atoms with Crippen LogP contribution in [0.4, 0.5) is 0 Å². The van der Waals surface area contributed by atoms with Gasteiger partial charge in [-0.2, -0.15) is 0 Å². The lowest BCUT2D eigenvalue weighted by Gasteiger charge is -2.20. The molecule has 102 valence electrons. The molecule has 2 aromatic heterocycles. The van der Waals surface area contributed by atoms with Gasteiger partial charge in [-0.3, -0.25) is 4.79 Å². The summed E-state index contributed by atoms with van der Waals surface area (Å²) in [5.41, 5.74) is 1.67. The number of amides is 1. The zero-order chi connectivity index (χ0) is 14.4. The predicted molar refractivity (Wildman–Crippen MR) is 78.8 cm³/mol. The van der Waals surface area contributed by atoms with Gasteiger partial charge < -0.3 is 5.32 Å². The van der Waals surface area contributed by atoms with Crippen LogP contribution in [-0.2, 0) is 0 Å². The summed E-state index contributed by atoms with van der Waals surface area (Å²) in [6.07, 6.45) is 0. The molecule has 0 fully saturated rings. The number of rotatable bonds is 1. The summed E-state index contributed by atoms with van der Waals surface area (Å²) in [4.78, 5) is 22.7. The van der Waals surface area contributed by atoms with E-state index in [4.69, 9.17) is 0 Å². The van der Waals surface area contributed by atoms with Gasteiger partial charge >= 0.3 is 0 Å². The number of aryl methyl sites for hydroxylation is 3. The van der Waals surface area contributed by atoms with Crippen LogP contribution in [0.1, 0.15) is 47.5 Å². The summed E-state index contributed by atoms with van der Waals surface area (Å²) >= 11 is 1.44. The Morgan fingerprint density at radius 3 is 2.37 bits per heavy atom. The lowest BCUT2D eigenvalue weighted by atomic mass is 10.1. The Kier molecular flexibility index (Phi) is 3.34. The molecule has 0 aliphatic heterocycles. The minimum Gasteiger partial charge on any atom is -0.347 e. The van der Waals surface area contributed by atoms with Crippen LogP contribution in [0.15, 0.2) is 0 Å². The van der Waals surface area contributed by atoms with Gasteiger partial charge in [-0.1, -0.05) is 0 Å². The van der Waals surface area contributed by atoms with Crippen LogP contribution in [0.2, 0.25) is 0 Å². The number of carbonyl (C=O) groups is 1. The monoisotopic (exact) mass is 277 g/mol. The molecule has 0 aliphatic rings. The van der Waals surface area contributed by atoms with E-state index in [0.717, 1.165) is 32.2 Å². The molecule has 0 aromatic carbocycles. The molecule has 0 radical (unpaired) electrons. The maximum absolute atomic E-state index is 12.3. The largest absolute Gasteiger partial charge is 0.347 e. The SMILES string of the molecule is Cc1nc(C)c2c(C)c(C(=O)NC(C)(C)C)sc2n1. The number of nitrogens with zero attached hydrogens (tertiary/aromatic N) is 2. The molecule has 1 N–H and O–H groups in total. The molecule has 0 saturated carbocycles. The molecule has 2 rings (SSSR count). The van der Waals surface area contributed by atoms with Crippen molar-refractivity contribution in [1.82, 2.24) is 15.3 Å². The van der Waals surface area contributed by atoms with Crippen LogP contribution in [0.5, 0.6) is 0 Å². The van der Waals surface area contributed by atoms with Crippen LogP contribution in [0, 0.1) is 20.8 Å². The standard InChI is InChI=1S/C14H19N3OS/c1-7-10-8(2)15-9(3)16-13(10)19-11(7)12(18)17-14(4,5)6/h1-6H3,(H,17,18). The van der Waals surface area contributed by atoms with E-state index in [1.807, 2.05) is 41.5 Å². The Morgan fingerprint density at radius 1 is 1.16 bits per heavy atom. The van der Waals surface area contributed by atoms with E-state index in [9.17, 15) is 4.79 Å². The van der Waals surface area contributed by atoms with E-state index in [-0.39, 0.29) is 11.4 Å². The Balaban J connectivity index is 2.54. The molecular weight excluding hydrogens is 258 g/mol. The highest BCUT2D eigenvalue weighted by Crippen LogP contribution is 2.31. The van der Waals surface area contributed by atoms with Crippen LogP contribution < -0.4 is 5.32 Å². The molecular formula is C14H19N3OS. The zero-order valence-electron chi connectivity index (χ0n) is 12.2. The number of hydrogen-bond donors (Lipinski definition) is 1. The van der Waals surface area contributed by atoms with E-state index >= 15 is 0 Å². The molecule has 0 aliphatic carbocycles. The summed E-state index contributed by atoms with van der Waals surface area (Å²) in [5.74, 6) is 0.707. The van der Waals surface area contributed by atoms with Crippen molar-refractivity contribution in [2.24, 2.45) is 0 Å². The molecule has 5 heteroatoms. The summed E-state index contributed by atoms with van der Waals surface area (Å²) < 4.78 is 0. The molecule has 0 spiro atoms. The highest BCUT2D eigenvalue weighted by atomic mass is 32.1. The lowest BCUT2D eigenvalue weighted by molar-refractivity contribution is 0.0923. The number of nitrogens with one attached hydrogen (secondary N) is 1. The fraction of sp³-hybridized carbons (Fsp3) is 0.500. The summed E-state index contributed by atoms with van der Waals surface area (Å²) in [6.45, 7) is 11.7. The minimum atomic E-state index is -0.240. The van der Waals surface area contributed by atoms with Crippen molar-refractivity contribution in [2.45, 2.75) is 47.1 Å². The molecule has 0 saturated heterocycles. The van der Waals surface area contributed by atoms with Crippen molar-refractivity contribution in [2.75, 3.05) is 0 Å². The Labute approximate surface area is 117 Å². The second-order valence-corrected chi connectivity index (χ2v) is 6.80. The average Bonchev–Trinajstić information content (AvgIpc) is 2.53. The topological polar surface area (TPSA) is 54.9 Å². The van der Waals surface area contributed by atoms with Crippen molar-refractivity contribution in [3.8, 4) is 0 Å². The van der Waals surface area contributed by atoms with E-state index in [1.165, 1.54) is 11.3 Å². The van der Waals surface area contributed by atoms with E-state index in [0.29, 0.717) is 0 Å². The lowest BCUT2D eigenvalue weighted by Crippen LogP contribution is -2.40. The smallest absolute Gasteiger partial charge is 0.262 e. The predicted octanol–water partition coefficient (Wildman–Crippen LogP) is 3.14. The third kappa shape index (κ3) is 2.76. The van der Waals surface area contributed by atoms with E-state index < -0.39 is 0 Å². The first-order valence-electron chi connectivity index (χ1n) is 6.26. The average molecular weight is 277 g/mol. The van der Waals surface area contributed by atoms with E-state index in [2.05, 4.69) is 15.3 Å². The summed E-state index contributed by atoms with van der Waals surface area (Å²) in [7, 11) is 0. The van der Waals surface area contributed by atoms with Gasteiger partial charge in [0.25, 0.3) is 5.91 Å². The number of aromatic nitrogens is 2. The van der Waals surface area contributed by atoms with Gasteiger partial charge in [0.05, 0.1) is 4.88 Å². The van der Waals surface area contributed by atoms with Crippen molar-refractivity contribution < 1.29 is 4.79 Å². The van der Waals surface area contributed by atoms with Crippen LogP contribution >= 0.6 is 11.3 Å². The highest BCUT2D eigenvalue weighted by molar-refractivity contribution is 7.20. The molecule has 4 nitrogen and oxygen atoms in total. The Bertz CT molecular complexity index is 653. The number of hydrogen-bond acceptors (Lipinski definition) is 4. The first-order chi connectivity index (χ1) is 8.69. The molecule has 0 bridgehead atoms. The van der Waals surface area contributed by atoms with Crippen molar-refractivity contribution in [1.29, 1.82) is 0 Å². The molecule has 2 heterocycles. The van der Waals surface area contributed by atoms with Crippen molar-refractivity contribution in [3.05, 3.63) is 22.0 Å². The molecule has 19 heavy (non-hydrogen) atoms. The first-order valence-corrected chi connectivity index (χ1v) is 7.07. The third-order valence-electron chi connectivity index (χ3n) is 2.78. The fourth-order valence-corrected chi connectivity index (χ4v) is 3.26. The van der Waals surface area contributed by atoms with Gasteiger partial charge in [-0.05, 0) is 47.1 Å². The number of carbonyl (C=O) groups excluding carboxylic acids is 1. The maximum atomic E-state index is 12.3. The van der Waals surface area contributed by atoms with E-state index in [1.54, 1.807) is 0 Å². The van der Waals surface area contributed by atoms with Crippen LogP contribution in [0.3, 0.4) is 0 Å². The first kappa shape index (κ1) is 13.9. The van der Waals surface area contributed by atoms with Crippen molar-refractivity contribution in [3.63, 3.8) is 0 Å². The van der Waals surface area contributed by atoms with Gasteiger partial charge in [0, 0.05) is 16.6 Å². The van der Waals surface area contributed by atoms with Gasteiger partial charge in [0.1, 0.15) is 10.7 Å². The highest BCUT2D eigenvalue weighted by Gasteiger charge is 2.21. The fourth-order valence-electron chi connectivity index (χ4n) is 2.09. The summed E-state index contributed by atoms with van der Waals surface area (Å²) in [6, 6.07) is 0. The third-order valence-corrected chi connectivity index (χ3v) is 3.96. The normalized spacial score (nSPS) is 11.9. The van der Waals surface area contributed by atoms with Gasteiger partial charge in [0.2, 0.25) is 0 Å². The number of thiophene rings is 1. The van der Waals surface area contributed by atoms with Crippen LogP contribution in [-0.4, -0.2) is 21.4 Å². The van der Waals surface area contributed by atoms with Crippen molar-refractivity contribution >= 4 is 27.5 Å². The van der Waals surface area contributed by atoms with Gasteiger partial charge in [-0.25, -0.2) is 9.97 Å². The summed E-state index contributed by atoms with van der Waals surface area (Å²) in [5, 5.41) is 4.00. The maximum Gasteiger partial charge on any atom is 0.262 e. The molecule has 0 unspecified atom stereocenters. The Morgan fingerprint density at radius 2 is 1.79 bits per heavy atom. The second kappa shape index (κ2) is 4.56. The molecule has 2 aromatic rings. The Hall–Kier alpha value is -1.49. The van der Waals surface area contributed by atoms with Crippen LogP contribution in [0.25, 0.3) is 10.2 Å². The van der Waals surface area contributed by atoms with Gasteiger partial charge in [0.15, 0.2) is 0 Å². The molecule has 0 atom stereocenters. The zero-order valence-corrected chi connectivity index (χ0v) is 13.0. The number of fused-ring (bicyclic) bond motifs is 1. The van der Waals surface area contributed by atoms with Gasteiger partial charge in [-0.15, -0.1) is 11.3 Å².